The van der Waals surface area contributed by atoms with Gasteiger partial charge >= 0.3 is 0 Å². The van der Waals surface area contributed by atoms with Crippen molar-refractivity contribution in [2.45, 2.75) is 13.3 Å². The molecule has 2 aromatic heterocycles. The molecule has 0 aliphatic rings. The van der Waals surface area contributed by atoms with Crippen molar-refractivity contribution < 1.29 is 4.42 Å². The molecule has 0 radical (unpaired) electrons. The Bertz CT molecular complexity index is 408. The molecule has 0 aromatic carbocycles. The highest BCUT2D eigenvalue weighted by Crippen LogP contribution is 2.23. The number of nitrogens with zero attached hydrogens (tertiary/aromatic N) is 2. The minimum atomic E-state index is 0.552. The largest absolute Gasteiger partial charge is 0.439 e. The fraction of sp³-hybridized carbons (Fsp3) is 0.333. The summed E-state index contributed by atoms with van der Waals surface area (Å²) < 4.78 is 5.55. The summed E-state index contributed by atoms with van der Waals surface area (Å²) in [5, 5.41) is 1.94. The van der Waals surface area contributed by atoms with E-state index in [0.29, 0.717) is 18.9 Å². The molecule has 0 saturated carbocycles. The number of aromatic nitrogens is 2. The standard InChI is InChI=1S/C9H11N3OS/c1-6-9(7-4-14-5-11-7)13-8(12-6)2-3-10/h4-5H,2-3,10H2,1H3. The van der Waals surface area contributed by atoms with Crippen LogP contribution in [-0.4, -0.2) is 16.5 Å². The van der Waals surface area contributed by atoms with Gasteiger partial charge in [-0.05, 0) is 6.92 Å². The van der Waals surface area contributed by atoms with Gasteiger partial charge in [-0.3, -0.25) is 0 Å². The molecule has 0 aliphatic heterocycles. The third-order valence-electron chi connectivity index (χ3n) is 1.86. The van der Waals surface area contributed by atoms with Gasteiger partial charge < -0.3 is 10.2 Å². The number of nitrogens with two attached hydrogens (primary N) is 1. The zero-order valence-corrected chi connectivity index (χ0v) is 8.67. The highest BCUT2D eigenvalue weighted by molar-refractivity contribution is 7.07. The molecule has 2 heterocycles. The van der Waals surface area contributed by atoms with Gasteiger partial charge in [-0.15, -0.1) is 11.3 Å². The third kappa shape index (κ3) is 1.69. The average Bonchev–Trinajstić information content (AvgIpc) is 2.74. The molecular weight excluding hydrogens is 198 g/mol. The van der Waals surface area contributed by atoms with E-state index in [1.165, 1.54) is 0 Å². The van der Waals surface area contributed by atoms with Crippen LogP contribution in [0.25, 0.3) is 11.5 Å². The van der Waals surface area contributed by atoms with E-state index in [1.807, 2.05) is 12.3 Å². The Labute approximate surface area is 85.8 Å². The molecule has 0 amide bonds. The lowest BCUT2D eigenvalue weighted by Crippen LogP contribution is -2.02. The molecule has 74 valence electrons. The van der Waals surface area contributed by atoms with Gasteiger partial charge in [-0.25, -0.2) is 9.97 Å². The second-order valence-corrected chi connectivity index (χ2v) is 3.65. The van der Waals surface area contributed by atoms with Crippen molar-refractivity contribution >= 4 is 11.3 Å². The SMILES string of the molecule is Cc1nc(CCN)oc1-c1cscn1. The molecule has 2 N–H and O–H groups in total. The van der Waals surface area contributed by atoms with Crippen LogP contribution >= 0.6 is 11.3 Å². The van der Waals surface area contributed by atoms with E-state index in [9.17, 15) is 0 Å². The lowest BCUT2D eigenvalue weighted by Gasteiger charge is -1.90. The lowest BCUT2D eigenvalue weighted by molar-refractivity contribution is 0.506. The molecule has 0 unspecified atom stereocenters. The van der Waals surface area contributed by atoms with Gasteiger partial charge in [-0.2, -0.15) is 0 Å². The first-order valence-corrected chi connectivity index (χ1v) is 5.30. The van der Waals surface area contributed by atoms with Crippen LogP contribution in [0, 0.1) is 6.92 Å². The second kappa shape index (κ2) is 3.89. The average molecular weight is 209 g/mol. The molecule has 0 fully saturated rings. The first kappa shape index (κ1) is 9.36. The molecular formula is C9H11N3OS. The number of rotatable bonds is 3. The lowest BCUT2D eigenvalue weighted by atomic mass is 10.3. The van der Waals surface area contributed by atoms with Crippen LogP contribution in [0.2, 0.25) is 0 Å². The maximum absolute atomic E-state index is 5.55. The van der Waals surface area contributed by atoms with Crippen molar-refractivity contribution in [2.75, 3.05) is 6.54 Å². The van der Waals surface area contributed by atoms with Crippen LogP contribution < -0.4 is 5.73 Å². The summed E-state index contributed by atoms with van der Waals surface area (Å²) in [4.78, 5) is 8.45. The molecule has 14 heavy (non-hydrogen) atoms. The van der Waals surface area contributed by atoms with E-state index in [4.69, 9.17) is 10.2 Å². The summed E-state index contributed by atoms with van der Waals surface area (Å²) in [6, 6.07) is 0. The Morgan fingerprint density at radius 3 is 3.07 bits per heavy atom. The van der Waals surface area contributed by atoms with Gasteiger partial charge in [0.15, 0.2) is 11.7 Å². The zero-order chi connectivity index (χ0) is 9.97. The van der Waals surface area contributed by atoms with Gasteiger partial charge in [-0.1, -0.05) is 0 Å². The van der Waals surface area contributed by atoms with Crippen LogP contribution in [0.4, 0.5) is 0 Å². The molecule has 5 heteroatoms. The van der Waals surface area contributed by atoms with Crippen LogP contribution in [0.15, 0.2) is 15.3 Å². The van der Waals surface area contributed by atoms with Crippen molar-refractivity contribution in [2.24, 2.45) is 5.73 Å². The summed E-state index contributed by atoms with van der Waals surface area (Å²) in [5.74, 6) is 1.45. The summed E-state index contributed by atoms with van der Waals surface area (Å²) in [7, 11) is 0. The van der Waals surface area contributed by atoms with Crippen LogP contribution in [0.5, 0.6) is 0 Å². The van der Waals surface area contributed by atoms with Crippen molar-refractivity contribution in [1.82, 2.24) is 9.97 Å². The first-order chi connectivity index (χ1) is 6.81. The Kier molecular flexibility index (Phi) is 2.60. The van der Waals surface area contributed by atoms with E-state index >= 15 is 0 Å². The summed E-state index contributed by atoms with van der Waals surface area (Å²) >= 11 is 1.54. The smallest absolute Gasteiger partial charge is 0.196 e. The van der Waals surface area contributed by atoms with E-state index in [2.05, 4.69) is 9.97 Å². The summed E-state index contributed by atoms with van der Waals surface area (Å²) in [6.45, 7) is 2.47. The minimum Gasteiger partial charge on any atom is -0.439 e. The molecule has 0 bridgehead atoms. The monoisotopic (exact) mass is 209 g/mol. The Balaban J connectivity index is 2.35. The fourth-order valence-electron chi connectivity index (χ4n) is 1.25. The molecule has 0 spiro atoms. The minimum absolute atomic E-state index is 0.552. The van der Waals surface area contributed by atoms with Crippen LogP contribution in [0.3, 0.4) is 0 Å². The number of hydrogen-bond donors (Lipinski definition) is 1. The maximum Gasteiger partial charge on any atom is 0.196 e. The highest BCUT2D eigenvalue weighted by Gasteiger charge is 2.12. The Morgan fingerprint density at radius 1 is 1.57 bits per heavy atom. The van der Waals surface area contributed by atoms with Gasteiger partial charge in [0.25, 0.3) is 0 Å². The predicted molar refractivity (Wildman–Crippen MR) is 55.1 cm³/mol. The van der Waals surface area contributed by atoms with Crippen molar-refractivity contribution in [3.63, 3.8) is 0 Å². The number of thiazole rings is 1. The van der Waals surface area contributed by atoms with Crippen molar-refractivity contribution in [1.29, 1.82) is 0 Å². The Hall–Kier alpha value is -1.20. The van der Waals surface area contributed by atoms with E-state index in [1.54, 1.807) is 16.8 Å². The highest BCUT2D eigenvalue weighted by atomic mass is 32.1. The molecule has 0 aliphatic carbocycles. The normalized spacial score (nSPS) is 10.7. The van der Waals surface area contributed by atoms with Gasteiger partial charge in [0, 0.05) is 18.3 Å². The number of aryl methyl sites for hydroxylation is 1. The molecule has 2 aromatic rings. The van der Waals surface area contributed by atoms with Crippen molar-refractivity contribution in [3.05, 3.63) is 22.5 Å². The summed E-state index contributed by atoms with van der Waals surface area (Å²) in [5.41, 5.74) is 8.93. The topological polar surface area (TPSA) is 64.9 Å². The zero-order valence-electron chi connectivity index (χ0n) is 7.86. The van der Waals surface area contributed by atoms with Crippen LogP contribution in [-0.2, 0) is 6.42 Å². The number of hydrogen-bond acceptors (Lipinski definition) is 5. The van der Waals surface area contributed by atoms with Gasteiger partial charge in [0.05, 0.1) is 11.2 Å². The molecule has 2 rings (SSSR count). The predicted octanol–water partition coefficient (Wildman–Crippen LogP) is 1.61. The fourth-order valence-corrected chi connectivity index (χ4v) is 1.78. The van der Waals surface area contributed by atoms with Gasteiger partial charge in [0.2, 0.25) is 0 Å². The first-order valence-electron chi connectivity index (χ1n) is 4.36. The third-order valence-corrected chi connectivity index (χ3v) is 2.45. The van der Waals surface area contributed by atoms with E-state index in [0.717, 1.165) is 17.1 Å². The van der Waals surface area contributed by atoms with Crippen LogP contribution in [0.1, 0.15) is 11.6 Å². The van der Waals surface area contributed by atoms with Crippen molar-refractivity contribution in [3.8, 4) is 11.5 Å². The Morgan fingerprint density at radius 2 is 2.43 bits per heavy atom. The summed E-state index contributed by atoms with van der Waals surface area (Å²) in [6.07, 6.45) is 0.672. The quantitative estimate of drug-likeness (QED) is 0.834. The molecule has 4 nitrogen and oxygen atoms in total. The molecule has 0 atom stereocenters. The maximum atomic E-state index is 5.55. The van der Waals surface area contributed by atoms with E-state index in [-0.39, 0.29) is 0 Å². The second-order valence-electron chi connectivity index (χ2n) is 2.93. The molecule has 0 saturated heterocycles. The van der Waals surface area contributed by atoms with Gasteiger partial charge in [0.1, 0.15) is 5.69 Å². The number of oxazole rings is 1. The van der Waals surface area contributed by atoms with E-state index < -0.39 is 0 Å².